The molecule has 3 nitrogen and oxygen atoms in total. The molecule has 0 aliphatic rings. The minimum absolute atomic E-state index is 0.00231. The number of nitrogens with zero attached hydrogens (tertiary/aromatic N) is 1. The molecule has 0 atom stereocenters. The smallest absolute Gasteiger partial charge is 0.258 e. The summed E-state index contributed by atoms with van der Waals surface area (Å²) in [4.78, 5) is 9.67. The van der Waals surface area contributed by atoms with Crippen LogP contribution in [-0.4, -0.2) is 4.92 Å². The molecule has 0 bridgehead atoms. The van der Waals surface area contributed by atoms with Gasteiger partial charge in [-0.05, 0) is 5.56 Å². The van der Waals surface area contributed by atoms with Crippen LogP contribution in [0.2, 0.25) is 5.02 Å². The molecular formula is C7H4ClNO2. The van der Waals surface area contributed by atoms with Gasteiger partial charge in [-0.2, -0.15) is 0 Å². The van der Waals surface area contributed by atoms with E-state index in [1.165, 1.54) is 18.2 Å². The van der Waals surface area contributed by atoms with Crippen LogP contribution < -0.4 is 0 Å². The first kappa shape index (κ1) is 8.01. The first-order valence-electron chi connectivity index (χ1n) is 2.81. The van der Waals surface area contributed by atoms with E-state index in [1.807, 2.05) is 0 Å². The zero-order valence-corrected chi connectivity index (χ0v) is 6.21. The Morgan fingerprint density at radius 3 is 2.64 bits per heavy atom. The van der Waals surface area contributed by atoms with Gasteiger partial charge < -0.3 is 0 Å². The molecule has 4 heteroatoms. The fourth-order valence-corrected chi connectivity index (χ4v) is 0.873. The average Bonchev–Trinajstić information content (AvgIpc) is 1.94. The highest BCUT2D eigenvalue weighted by Crippen LogP contribution is 2.26. The predicted molar refractivity (Wildman–Crippen MR) is 41.5 cm³/mol. The SMILES string of the molecule is [CH]c1cccc([N+](=O)[O-])c1Cl. The molecule has 0 aliphatic heterocycles. The Kier molecular flexibility index (Phi) is 2.10. The first-order chi connectivity index (χ1) is 5.13. The van der Waals surface area contributed by atoms with Crippen LogP contribution in [0, 0.1) is 17.0 Å². The van der Waals surface area contributed by atoms with Gasteiger partial charge in [0.25, 0.3) is 5.69 Å². The van der Waals surface area contributed by atoms with Crippen molar-refractivity contribution in [1.82, 2.24) is 0 Å². The van der Waals surface area contributed by atoms with E-state index < -0.39 is 4.92 Å². The molecule has 0 aromatic heterocycles. The van der Waals surface area contributed by atoms with Crippen LogP contribution in [0.3, 0.4) is 0 Å². The van der Waals surface area contributed by atoms with Crippen molar-refractivity contribution in [1.29, 1.82) is 0 Å². The Hall–Kier alpha value is -1.09. The lowest BCUT2D eigenvalue weighted by atomic mass is 10.2. The molecule has 0 saturated heterocycles. The average molecular weight is 170 g/mol. The summed E-state index contributed by atoms with van der Waals surface area (Å²) in [6.07, 6.45) is 0. The predicted octanol–water partition coefficient (Wildman–Crippen LogP) is 2.31. The third kappa shape index (κ3) is 1.49. The summed E-state index contributed by atoms with van der Waals surface area (Å²) in [6.45, 7) is 5.32. The van der Waals surface area contributed by atoms with E-state index in [0.717, 1.165) is 0 Å². The van der Waals surface area contributed by atoms with Gasteiger partial charge in [-0.25, -0.2) is 0 Å². The van der Waals surface area contributed by atoms with Gasteiger partial charge in [-0.1, -0.05) is 23.7 Å². The third-order valence-electron chi connectivity index (χ3n) is 1.20. The second-order valence-electron chi connectivity index (χ2n) is 1.94. The normalized spacial score (nSPS) is 9.64. The third-order valence-corrected chi connectivity index (χ3v) is 1.62. The summed E-state index contributed by atoms with van der Waals surface area (Å²) >= 11 is 5.52. The lowest BCUT2D eigenvalue weighted by Gasteiger charge is -1.96. The van der Waals surface area contributed by atoms with Crippen LogP contribution in [0.4, 0.5) is 5.69 Å². The number of benzene rings is 1. The summed E-state index contributed by atoms with van der Waals surface area (Å²) in [5, 5.41) is 10.2. The van der Waals surface area contributed by atoms with Crippen LogP contribution >= 0.6 is 11.6 Å². The minimum Gasteiger partial charge on any atom is -0.258 e. The maximum absolute atomic E-state index is 10.2. The molecule has 0 spiro atoms. The van der Waals surface area contributed by atoms with Crippen LogP contribution in [-0.2, 0) is 0 Å². The van der Waals surface area contributed by atoms with Gasteiger partial charge in [-0.15, -0.1) is 0 Å². The van der Waals surface area contributed by atoms with Crippen LogP contribution in [0.15, 0.2) is 18.2 Å². The molecule has 0 aliphatic carbocycles. The lowest BCUT2D eigenvalue weighted by Crippen LogP contribution is -1.89. The number of hydrogen-bond acceptors (Lipinski definition) is 2. The molecule has 56 valence electrons. The first-order valence-corrected chi connectivity index (χ1v) is 3.19. The summed E-state index contributed by atoms with van der Waals surface area (Å²) in [5.74, 6) is 0. The molecule has 0 fully saturated rings. The van der Waals surface area contributed by atoms with Crippen molar-refractivity contribution in [3.05, 3.63) is 45.8 Å². The molecule has 11 heavy (non-hydrogen) atoms. The summed E-state index contributed by atoms with van der Waals surface area (Å²) in [5.41, 5.74) is 0.0625. The van der Waals surface area contributed by atoms with Gasteiger partial charge in [0.15, 0.2) is 0 Å². The van der Waals surface area contributed by atoms with E-state index in [2.05, 4.69) is 0 Å². The summed E-state index contributed by atoms with van der Waals surface area (Å²) in [7, 11) is 0. The number of nitro groups is 1. The largest absolute Gasteiger partial charge is 0.288 e. The maximum Gasteiger partial charge on any atom is 0.288 e. The van der Waals surface area contributed by atoms with Gasteiger partial charge in [0.05, 0.1) is 4.92 Å². The van der Waals surface area contributed by atoms with Crippen molar-refractivity contribution < 1.29 is 4.92 Å². The Morgan fingerprint density at radius 1 is 1.55 bits per heavy atom. The zero-order valence-electron chi connectivity index (χ0n) is 5.45. The molecule has 0 saturated carbocycles. The maximum atomic E-state index is 10.2. The van der Waals surface area contributed by atoms with Crippen LogP contribution in [0.5, 0.6) is 0 Å². The zero-order chi connectivity index (χ0) is 8.43. The highest BCUT2D eigenvalue weighted by Gasteiger charge is 2.12. The molecule has 0 amide bonds. The molecule has 1 aromatic rings. The van der Waals surface area contributed by atoms with Crippen molar-refractivity contribution in [2.45, 2.75) is 0 Å². The number of hydrogen-bond donors (Lipinski definition) is 0. The van der Waals surface area contributed by atoms with Gasteiger partial charge in [0.2, 0.25) is 0 Å². The van der Waals surface area contributed by atoms with Gasteiger partial charge >= 0.3 is 0 Å². The quantitative estimate of drug-likeness (QED) is 0.478. The molecule has 0 N–H and O–H groups in total. The molecule has 1 rings (SSSR count). The Labute approximate surface area is 68.8 Å². The van der Waals surface area contributed by atoms with Crippen LogP contribution in [0.1, 0.15) is 5.56 Å². The molecular weight excluding hydrogens is 166 g/mol. The molecule has 0 heterocycles. The van der Waals surface area contributed by atoms with Crippen molar-refractivity contribution in [3.63, 3.8) is 0 Å². The van der Waals surface area contributed by atoms with E-state index in [4.69, 9.17) is 18.5 Å². The molecule has 0 unspecified atom stereocenters. The molecule has 2 radical (unpaired) electrons. The molecule has 1 aromatic carbocycles. The van der Waals surface area contributed by atoms with Gasteiger partial charge in [0.1, 0.15) is 5.02 Å². The van der Waals surface area contributed by atoms with Crippen molar-refractivity contribution in [3.8, 4) is 0 Å². The minimum atomic E-state index is -0.571. The summed E-state index contributed by atoms with van der Waals surface area (Å²) in [6, 6.07) is 4.30. The van der Waals surface area contributed by atoms with E-state index >= 15 is 0 Å². The number of nitro benzene ring substituents is 1. The highest BCUT2D eigenvalue weighted by atomic mass is 35.5. The van der Waals surface area contributed by atoms with Crippen LogP contribution in [0.25, 0.3) is 0 Å². The standard InChI is InChI=1S/C7H4ClNO2/c1-5-3-2-4-6(7(5)8)9(10)11/h1-4H. The van der Waals surface area contributed by atoms with E-state index in [1.54, 1.807) is 0 Å². The van der Waals surface area contributed by atoms with Crippen molar-refractivity contribution in [2.75, 3.05) is 0 Å². The van der Waals surface area contributed by atoms with E-state index in [-0.39, 0.29) is 16.3 Å². The Bertz CT molecular complexity index is 298. The number of halogens is 1. The fraction of sp³-hybridized carbons (Fsp3) is 0. The second kappa shape index (κ2) is 2.88. The topological polar surface area (TPSA) is 43.1 Å². The number of rotatable bonds is 1. The van der Waals surface area contributed by atoms with Gasteiger partial charge in [0, 0.05) is 13.0 Å². The Balaban J connectivity index is 3.27. The fourth-order valence-electron chi connectivity index (χ4n) is 0.678. The highest BCUT2D eigenvalue weighted by molar-refractivity contribution is 6.33. The van der Waals surface area contributed by atoms with Crippen molar-refractivity contribution >= 4 is 17.3 Å². The van der Waals surface area contributed by atoms with E-state index in [9.17, 15) is 10.1 Å². The monoisotopic (exact) mass is 169 g/mol. The second-order valence-corrected chi connectivity index (χ2v) is 2.32. The summed E-state index contributed by atoms with van der Waals surface area (Å²) < 4.78 is 0. The van der Waals surface area contributed by atoms with E-state index in [0.29, 0.717) is 0 Å². The van der Waals surface area contributed by atoms with Gasteiger partial charge in [-0.3, -0.25) is 10.1 Å². The Morgan fingerprint density at radius 2 is 2.18 bits per heavy atom. The van der Waals surface area contributed by atoms with Crippen molar-refractivity contribution in [2.24, 2.45) is 0 Å². The lowest BCUT2D eigenvalue weighted by molar-refractivity contribution is -0.384.